The predicted molar refractivity (Wildman–Crippen MR) is 88.4 cm³/mol. The van der Waals surface area contributed by atoms with Gasteiger partial charge in [-0.2, -0.15) is 0 Å². The second-order valence-corrected chi connectivity index (χ2v) is 6.29. The Labute approximate surface area is 136 Å². The number of aryl methyl sites for hydroxylation is 2. The second kappa shape index (κ2) is 6.22. The van der Waals surface area contributed by atoms with E-state index in [1.807, 2.05) is 10.6 Å². The van der Waals surface area contributed by atoms with Crippen molar-refractivity contribution in [2.24, 2.45) is 0 Å². The monoisotopic (exact) mass is 364 g/mol. The molecule has 0 spiro atoms. The average Bonchev–Trinajstić information content (AvgIpc) is 2.90. The van der Waals surface area contributed by atoms with Crippen LogP contribution in [0, 0.1) is 0 Å². The molecule has 0 atom stereocenters. The van der Waals surface area contributed by atoms with Gasteiger partial charge in [-0.25, -0.2) is 0 Å². The standard InChI is InChI=1S/C16H17BrN2O3/c1-22-6-2-4-18-16(21)13-9-19-5-3-10-7-11(17)8-12(14(10)19)15(13)20/h7-9H,2-6H2,1H3,(H,18,21). The van der Waals surface area contributed by atoms with Crippen molar-refractivity contribution in [1.29, 1.82) is 0 Å². The number of carbonyl (C=O) groups is 1. The van der Waals surface area contributed by atoms with Crippen molar-refractivity contribution in [3.05, 3.63) is 44.2 Å². The van der Waals surface area contributed by atoms with Gasteiger partial charge < -0.3 is 14.6 Å². The molecule has 0 saturated heterocycles. The number of amides is 1. The summed E-state index contributed by atoms with van der Waals surface area (Å²) in [7, 11) is 1.62. The lowest BCUT2D eigenvalue weighted by Crippen LogP contribution is -2.30. The van der Waals surface area contributed by atoms with E-state index in [9.17, 15) is 9.59 Å². The predicted octanol–water partition coefficient (Wildman–Crippen LogP) is 2.09. The van der Waals surface area contributed by atoms with E-state index in [1.54, 1.807) is 19.4 Å². The van der Waals surface area contributed by atoms with E-state index < -0.39 is 0 Å². The van der Waals surface area contributed by atoms with Crippen LogP contribution in [0.15, 0.2) is 27.6 Å². The first-order chi connectivity index (χ1) is 10.6. The van der Waals surface area contributed by atoms with E-state index >= 15 is 0 Å². The fourth-order valence-electron chi connectivity index (χ4n) is 2.88. The molecule has 0 unspecified atom stereocenters. The van der Waals surface area contributed by atoms with Crippen LogP contribution in [0.3, 0.4) is 0 Å². The van der Waals surface area contributed by atoms with E-state index in [0.29, 0.717) is 18.5 Å². The second-order valence-electron chi connectivity index (χ2n) is 5.38. The molecule has 0 fully saturated rings. The van der Waals surface area contributed by atoms with Crippen LogP contribution in [0.2, 0.25) is 0 Å². The van der Waals surface area contributed by atoms with E-state index in [0.717, 1.165) is 34.9 Å². The first-order valence-electron chi connectivity index (χ1n) is 7.24. The number of hydrogen-bond donors (Lipinski definition) is 1. The minimum atomic E-state index is -0.319. The highest BCUT2D eigenvalue weighted by Gasteiger charge is 2.21. The van der Waals surface area contributed by atoms with Crippen molar-refractivity contribution < 1.29 is 9.53 Å². The molecule has 22 heavy (non-hydrogen) atoms. The van der Waals surface area contributed by atoms with Crippen LogP contribution in [0.5, 0.6) is 0 Å². The lowest BCUT2D eigenvalue weighted by molar-refractivity contribution is 0.0947. The van der Waals surface area contributed by atoms with Crippen LogP contribution in [-0.4, -0.2) is 30.7 Å². The van der Waals surface area contributed by atoms with Crippen LogP contribution < -0.4 is 10.7 Å². The minimum absolute atomic E-state index is 0.205. The third kappa shape index (κ3) is 2.68. The summed E-state index contributed by atoms with van der Waals surface area (Å²) in [6.07, 6.45) is 3.29. The third-order valence-corrected chi connectivity index (χ3v) is 4.35. The number of carbonyl (C=O) groups excluding carboxylic acids is 1. The van der Waals surface area contributed by atoms with Crippen molar-refractivity contribution >= 4 is 32.7 Å². The first kappa shape index (κ1) is 15.2. The molecule has 1 aromatic carbocycles. The Kier molecular flexibility index (Phi) is 4.31. The molecule has 3 rings (SSSR count). The molecule has 1 amide bonds. The number of rotatable bonds is 5. The number of pyridine rings is 1. The van der Waals surface area contributed by atoms with Gasteiger partial charge in [-0.15, -0.1) is 0 Å². The van der Waals surface area contributed by atoms with E-state index in [-0.39, 0.29) is 16.9 Å². The number of nitrogens with zero attached hydrogens (tertiary/aromatic N) is 1. The first-order valence-corrected chi connectivity index (χ1v) is 8.04. The lowest BCUT2D eigenvalue weighted by Gasteiger charge is -2.09. The zero-order valence-corrected chi connectivity index (χ0v) is 13.9. The quantitative estimate of drug-likeness (QED) is 0.826. The number of methoxy groups -OCH3 is 1. The van der Waals surface area contributed by atoms with Crippen LogP contribution in [-0.2, 0) is 17.7 Å². The topological polar surface area (TPSA) is 60.3 Å². The van der Waals surface area contributed by atoms with Crippen LogP contribution in [0.25, 0.3) is 10.9 Å². The summed E-state index contributed by atoms with van der Waals surface area (Å²) < 4.78 is 7.82. The molecule has 116 valence electrons. The van der Waals surface area contributed by atoms with Crippen molar-refractivity contribution in [2.75, 3.05) is 20.3 Å². The average molecular weight is 365 g/mol. The lowest BCUT2D eigenvalue weighted by atomic mass is 10.1. The van der Waals surface area contributed by atoms with Gasteiger partial charge in [-0.3, -0.25) is 9.59 Å². The number of aromatic nitrogens is 1. The largest absolute Gasteiger partial charge is 0.385 e. The molecule has 2 heterocycles. The van der Waals surface area contributed by atoms with Crippen molar-refractivity contribution in [3.63, 3.8) is 0 Å². The van der Waals surface area contributed by atoms with Crippen LogP contribution in [0.4, 0.5) is 0 Å². The SMILES string of the molecule is COCCCNC(=O)c1cn2c3c(cc(Br)cc3c1=O)CC2. The van der Waals surface area contributed by atoms with Gasteiger partial charge in [0.15, 0.2) is 0 Å². The maximum atomic E-state index is 12.6. The van der Waals surface area contributed by atoms with Gasteiger partial charge in [-0.05, 0) is 30.5 Å². The van der Waals surface area contributed by atoms with Crippen molar-refractivity contribution in [2.45, 2.75) is 19.4 Å². The fourth-order valence-corrected chi connectivity index (χ4v) is 3.38. The number of ether oxygens (including phenoxy) is 1. The van der Waals surface area contributed by atoms with Gasteiger partial charge in [0.2, 0.25) is 5.43 Å². The Balaban J connectivity index is 1.97. The number of nitrogens with one attached hydrogen (secondary N) is 1. The van der Waals surface area contributed by atoms with E-state index in [4.69, 9.17) is 4.74 Å². The smallest absolute Gasteiger partial charge is 0.256 e. The van der Waals surface area contributed by atoms with Crippen molar-refractivity contribution in [1.82, 2.24) is 9.88 Å². The summed E-state index contributed by atoms with van der Waals surface area (Å²) in [5, 5.41) is 3.38. The van der Waals surface area contributed by atoms with E-state index in [1.165, 1.54) is 0 Å². The maximum Gasteiger partial charge on any atom is 0.256 e. The molecule has 0 aliphatic carbocycles. The maximum absolute atomic E-state index is 12.6. The van der Waals surface area contributed by atoms with Crippen LogP contribution >= 0.6 is 15.9 Å². The normalized spacial score (nSPS) is 12.8. The molecule has 2 aromatic rings. The van der Waals surface area contributed by atoms with Crippen LogP contribution in [0.1, 0.15) is 22.3 Å². The molecule has 6 heteroatoms. The molecule has 0 bridgehead atoms. The summed E-state index contributed by atoms with van der Waals surface area (Å²) in [6, 6.07) is 3.83. The molecule has 1 aliphatic heterocycles. The highest BCUT2D eigenvalue weighted by atomic mass is 79.9. The molecular formula is C16H17BrN2O3. The molecular weight excluding hydrogens is 348 g/mol. The highest BCUT2D eigenvalue weighted by molar-refractivity contribution is 9.10. The van der Waals surface area contributed by atoms with Gasteiger partial charge in [0.1, 0.15) is 5.56 Å². The number of halogens is 1. The molecule has 1 aromatic heterocycles. The summed E-state index contributed by atoms with van der Waals surface area (Å²) in [5.41, 5.74) is 2.09. The van der Waals surface area contributed by atoms with Gasteiger partial charge in [-0.1, -0.05) is 15.9 Å². The van der Waals surface area contributed by atoms with Crippen molar-refractivity contribution in [3.8, 4) is 0 Å². The van der Waals surface area contributed by atoms with Gasteiger partial charge >= 0.3 is 0 Å². The Bertz CT molecular complexity index is 798. The Hall–Kier alpha value is -1.66. The Morgan fingerprint density at radius 3 is 3.05 bits per heavy atom. The zero-order valence-electron chi connectivity index (χ0n) is 12.3. The third-order valence-electron chi connectivity index (χ3n) is 3.89. The molecule has 1 aliphatic rings. The molecule has 0 saturated carbocycles. The molecule has 5 nitrogen and oxygen atoms in total. The van der Waals surface area contributed by atoms with Gasteiger partial charge in [0.25, 0.3) is 5.91 Å². The minimum Gasteiger partial charge on any atom is -0.385 e. The summed E-state index contributed by atoms with van der Waals surface area (Å²) in [4.78, 5) is 24.9. The summed E-state index contributed by atoms with van der Waals surface area (Å²) in [6.45, 7) is 1.87. The molecule has 0 radical (unpaired) electrons. The Morgan fingerprint density at radius 1 is 1.45 bits per heavy atom. The van der Waals surface area contributed by atoms with Gasteiger partial charge in [0.05, 0.1) is 5.52 Å². The van der Waals surface area contributed by atoms with Gasteiger partial charge in [0, 0.05) is 42.9 Å². The Morgan fingerprint density at radius 2 is 2.27 bits per heavy atom. The highest BCUT2D eigenvalue weighted by Crippen LogP contribution is 2.27. The number of hydrogen-bond acceptors (Lipinski definition) is 3. The fraction of sp³-hybridized carbons (Fsp3) is 0.375. The molecule has 1 N–H and O–H groups in total. The van der Waals surface area contributed by atoms with E-state index in [2.05, 4.69) is 21.2 Å². The summed E-state index contributed by atoms with van der Waals surface area (Å²) >= 11 is 3.44. The zero-order chi connectivity index (χ0) is 15.7. The summed E-state index contributed by atoms with van der Waals surface area (Å²) in [5.74, 6) is -0.319. The number of benzene rings is 1.